The molecule has 1 amide bonds. The summed E-state index contributed by atoms with van der Waals surface area (Å²) in [5.41, 5.74) is 3.72. The number of phenolic OH excluding ortho intramolecular Hbond substituents is 2. The summed E-state index contributed by atoms with van der Waals surface area (Å²) in [4.78, 5) is 18.1. The normalized spacial score (nSPS) is 16.9. The predicted octanol–water partition coefficient (Wildman–Crippen LogP) is 4.83. The molecular formula is C32H44ClN5O4. The maximum Gasteiger partial charge on any atom is 0.274 e. The fourth-order valence-corrected chi connectivity index (χ4v) is 5.97. The molecule has 9 nitrogen and oxygen atoms in total. The van der Waals surface area contributed by atoms with Gasteiger partial charge in [0.25, 0.3) is 5.91 Å². The molecule has 228 valence electrons. The molecule has 2 fully saturated rings. The number of carbonyl (C=O) groups is 1. The van der Waals surface area contributed by atoms with Crippen LogP contribution in [0.3, 0.4) is 0 Å². The van der Waals surface area contributed by atoms with E-state index < -0.39 is 0 Å². The van der Waals surface area contributed by atoms with Crippen molar-refractivity contribution >= 4 is 18.3 Å². The van der Waals surface area contributed by atoms with E-state index in [0.717, 1.165) is 57.3 Å². The van der Waals surface area contributed by atoms with Crippen LogP contribution >= 0.6 is 12.4 Å². The lowest BCUT2D eigenvalue weighted by atomic mass is 9.94. The summed E-state index contributed by atoms with van der Waals surface area (Å²) in [5.74, 6) is 0.677. The number of benzene rings is 2. The van der Waals surface area contributed by atoms with Gasteiger partial charge in [-0.05, 0) is 67.4 Å². The minimum atomic E-state index is -0.341. The summed E-state index contributed by atoms with van der Waals surface area (Å²) in [7, 11) is 0. The third kappa shape index (κ3) is 7.26. The summed E-state index contributed by atoms with van der Waals surface area (Å²) in [6.07, 6.45) is 2.57. The van der Waals surface area contributed by atoms with E-state index in [2.05, 4.69) is 37.7 Å². The molecule has 4 N–H and O–H groups in total. The highest BCUT2D eigenvalue weighted by Crippen LogP contribution is 2.43. The summed E-state index contributed by atoms with van der Waals surface area (Å²) < 4.78 is 5.71. The van der Waals surface area contributed by atoms with E-state index in [-0.39, 0.29) is 41.4 Å². The molecule has 1 aromatic heterocycles. The molecule has 0 radical (unpaired) electrons. The van der Waals surface area contributed by atoms with Crippen molar-refractivity contribution in [3.63, 3.8) is 0 Å². The summed E-state index contributed by atoms with van der Waals surface area (Å²) >= 11 is 0. The minimum Gasteiger partial charge on any atom is -0.508 e. The third-order valence-corrected chi connectivity index (χ3v) is 8.34. The van der Waals surface area contributed by atoms with Crippen molar-refractivity contribution in [3.05, 3.63) is 53.2 Å². The fourth-order valence-electron chi connectivity index (χ4n) is 5.97. The van der Waals surface area contributed by atoms with E-state index >= 15 is 0 Å². The molecule has 3 aromatic rings. The average Bonchev–Trinajstić information content (AvgIpc) is 3.40. The van der Waals surface area contributed by atoms with Crippen molar-refractivity contribution in [2.75, 3.05) is 52.4 Å². The van der Waals surface area contributed by atoms with Crippen molar-refractivity contribution in [2.45, 2.75) is 46.1 Å². The largest absolute Gasteiger partial charge is 0.508 e. The summed E-state index contributed by atoms with van der Waals surface area (Å²) in [6, 6.07) is 11.2. The minimum absolute atomic E-state index is 0. The Hall–Kier alpha value is -3.11. The maximum atomic E-state index is 12.9. The van der Waals surface area contributed by atoms with Gasteiger partial charge < -0.3 is 30.3 Å². The SMILES string of the molecule is CCNC(=O)c1noc(-c2cc(C(C)C)c(O)cc2O)c1-c1ccc(CN2CCN(CC3CCNCC3)CC2)cc1.Cl. The van der Waals surface area contributed by atoms with Gasteiger partial charge in [0, 0.05) is 51.9 Å². The fraction of sp³-hybridized carbons (Fsp3) is 0.500. The molecule has 2 aliphatic heterocycles. The Balaban J connectivity index is 0.00000405. The Morgan fingerprint density at radius 2 is 1.71 bits per heavy atom. The molecule has 0 saturated carbocycles. The molecule has 0 atom stereocenters. The quantitative estimate of drug-likeness (QED) is 0.277. The number of nitrogens with zero attached hydrogens (tertiary/aromatic N) is 3. The zero-order valence-electron chi connectivity index (χ0n) is 24.9. The Labute approximate surface area is 254 Å². The zero-order chi connectivity index (χ0) is 28.9. The van der Waals surface area contributed by atoms with E-state index in [1.54, 1.807) is 6.07 Å². The number of hydrogen-bond donors (Lipinski definition) is 4. The standard InChI is InChI=1S/C32H43N5O4.ClH/c1-4-34-32(40)30-29(31(41-35-30)26-17-25(21(2)3)27(38)18-28(26)39)24-7-5-22(6-8-24)19-36-13-15-37(16-14-36)20-23-9-11-33-12-10-23;/h5-8,17-18,21,23,33,38-39H,4,9-16,19-20H2,1-3H3,(H,34,40);1H. The Bertz CT molecular complexity index is 1330. The monoisotopic (exact) mass is 597 g/mol. The molecule has 2 aromatic carbocycles. The highest BCUT2D eigenvalue weighted by atomic mass is 35.5. The Morgan fingerprint density at radius 3 is 2.36 bits per heavy atom. The van der Waals surface area contributed by atoms with Crippen LogP contribution in [-0.2, 0) is 6.54 Å². The van der Waals surface area contributed by atoms with Gasteiger partial charge >= 0.3 is 0 Å². The smallest absolute Gasteiger partial charge is 0.274 e. The number of amides is 1. The van der Waals surface area contributed by atoms with E-state index in [1.807, 2.05) is 32.9 Å². The lowest BCUT2D eigenvalue weighted by Crippen LogP contribution is -2.48. The molecule has 0 spiro atoms. The van der Waals surface area contributed by atoms with Crippen molar-refractivity contribution in [3.8, 4) is 33.9 Å². The molecule has 0 bridgehead atoms. The molecular weight excluding hydrogens is 554 g/mol. The van der Waals surface area contributed by atoms with E-state index in [1.165, 1.54) is 31.0 Å². The van der Waals surface area contributed by atoms with Gasteiger partial charge in [0.2, 0.25) is 0 Å². The molecule has 42 heavy (non-hydrogen) atoms. The van der Waals surface area contributed by atoms with Gasteiger partial charge in [-0.1, -0.05) is 43.3 Å². The van der Waals surface area contributed by atoms with Crippen LogP contribution in [0.4, 0.5) is 0 Å². The number of aromatic nitrogens is 1. The van der Waals surface area contributed by atoms with Crippen LogP contribution in [0.2, 0.25) is 0 Å². The van der Waals surface area contributed by atoms with Gasteiger partial charge in [0.05, 0.1) is 11.1 Å². The van der Waals surface area contributed by atoms with Crippen LogP contribution in [0, 0.1) is 5.92 Å². The molecule has 2 aliphatic rings. The molecule has 3 heterocycles. The van der Waals surface area contributed by atoms with Gasteiger partial charge in [-0.2, -0.15) is 0 Å². The summed E-state index contributed by atoms with van der Waals surface area (Å²) in [6.45, 7) is 14.9. The van der Waals surface area contributed by atoms with Gasteiger partial charge in [0.15, 0.2) is 11.5 Å². The number of piperazine rings is 1. The number of rotatable bonds is 9. The van der Waals surface area contributed by atoms with Gasteiger partial charge in [0.1, 0.15) is 11.5 Å². The van der Waals surface area contributed by atoms with Crippen LogP contribution in [-0.4, -0.2) is 83.4 Å². The highest BCUT2D eigenvalue weighted by molar-refractivity contribution is 6.02. The molecule has 10 heteroatoms. The van der Waals surface area contributed by atoms with Crippen molar-refractivity contribution < 1.29 is 19.5 Å². The number of piperidine rings is 1. The van der Waals surface area contributed by atoms with Gasteiger partial charge in [-0.15, -0.1) is 12.4 Å². The van der Waals surface area contributed by atoms with Gasteiger partial charge in [-0.3, -0.25) is 9.69 Å². The van der Waals surface area contributed by atoms with Crippen LogP contribution in [0.25, 0.3) is 22.5 Å². The average molecular weight is 598 g/mol. The molecule has 2 saturated heterocycles. The maximum absolute atomic E-state index is 12.9. The topological polar surface area (TPSA) is 114 Å². The number of nitrogens with one attached hydrogen (secondary N) is 2. The summed E-state index contributed by atoms with van der Waals surface area (Å²) in [5, 5.41) is 31.5. The highest BCUT2D eigenvalue weighted by Gasteiger charge is 2.27. The number of aromatic hydroxyl groups is 2. The second-order valence-electron chi connectivity index (χ2n) is 11.6. The van der Waals surface area contributed by atoms with Crippen LogP contribution in [0.1, 0.15) is 61.1 Å². The number of hydrogen-bond acceptors (Lipinski definition) is 8. The van der Waals surface area contributed by atoms with Crippen LogP contribution < -0.4 is 10.6 Å². The lowest BCUT2D eigenvalue weighted by molar-refractivity contribution is 0.0947. The first-order valence-electron chi connectivity index (χ1n) is 14.9. The van der Waals surface area contributed by atoms with Crippen LogP contribution in [0.5, 0.6) is 11.5 Å². The second-order valence-corrected chi connectivity index (χ2v) is 11.6. The van der Waals surface area contributed by atoms with Crippen molar-refractivity contribution in [1.29, 1.82) is 0 Å². The zero-order valence-corrected chi connectivity index (χ0v) is 25.7. The number of phenols is 2. The molecule has 5 rings (SSSR count). The third-order valence-electron chi connectivity index (χ3n) is 8.34. The Morgan fingerprint density at radius 1 is 1.05 bits per heavy atom. The lowest BCUT2D eigenvalue weighted by Gasteiger charge is -2.37. The first-order chi connectivity index (χ1) is 19.8. The molecule has 0 aliphatic carbocycles. The number of halogens is 1. The van der Waals surface area contributed by atoms with E-state index in [4.69, 9.17) is 4.52 Å². The van der Waals surface area contributed by atoms with E-state index in [0.29, 0.717) is 29.0 Å². The first-order valence-corrected chi connectivity index (χ1v) is 14.9. The predicted molar refractivity (Wildman–Crippen MR) is 167 cm³/mol. The first kappa shape index (κ1) is 31.8. The van der Waals surface area contributed by atoms with Gasteiger partial charge in [-0.25, -0.2) is 0 Å². The van der Waals surface area contributed by atoms with Crippen molar-refractivity contribution in [1.82, 2.24) is 25.6 Å². The van der Waals surface area contributed by atoms with Crippen LogP contribution in [0.15, 0.2) is 40.9 Å². The molecule has 0 unspecified atom stereocenters. The Kier molecular flexibility index (Phi) is 10.9. The van der Waals surface area contributed by atoms with Crippen molar-refractivity contribution in [2.24, 2.45) is 5.92 Å². The number of carbonyl (C=O) groups excluding carboxylic acids is 1. The second kappa shape index (κ2) is 14.4. The van der Waals surface area contributed by atoms with E-state index in [9.17, 15) is 15.0 Å².